The number of alkyl halides is 3. The average molecular weight is 475 g/mol. The van der Waals surface area contributed by atoms with Gasteiger partial charge in [0.05, 0.1) is 11.8 Å². The van der Waals surface area contributed by atoms with E-state index in [0.717, 1.165) is 55.4 Å². The van der Waals surface area contributed by atoms with Crippen molar-refractivity contribution in [2.75, 3.05) is 25.4 Å². The second-order valence-electron chi connectivity index (χ2n) is 8.92. The molecule has 0 radical (unpaired) electrons. The molecular formula is C23H25F3N6S. The van der Waals surface area contributed by atoms with E-state index in [9.17, 15) is 13.2 Å². The number of hydrogen-bond acceptors (Lipinski definition) is 6. The molecule has 6 nitrogen and oxygen atoms in total. The lowest BCUT2D eigenvalue weighted by molar-refractivity contribution is -0.137. The minimum Gasteiger partial charge on any atom is -0.304 e. The van der Waals surface area contributed by atoms with Crippen molar-refractivity contribution in [3.63, 3.8) is 0 Å². The number of rotatable bonds is 7. The summed E-state index contributed by atoms with van der Waals surface area (Å²) in [5.41, 5.74) is 1.43. The first-order valence-electron chi connectivity index (χ1n) is 11.0. The van der Waals surface area contributed by atoms with Crippen LogP contribution in [0.3, 0.4) is 0 Å². The molecule has 3 heterocycles. The number of benzene rings is 1. The molecule has 1 aliphatic heterocycles. The van der Waals surface area contributed by atoms with Crippen molar-refractivity contribution in [3.05, 3.63) is 54.0 Å². The molecule has 10 heteroatoms. The highest BCUT2D eigenvalue weighted by Crippen LogP contribution is 2.64. The van der Waals surface area contributed by atoms with Crippen LogP contribution in [0.4, 0.5) is 13.2 Å². The van der Waals surface area contributed by atoms with Crippen molar-refractivity contribution in [2.45, 2.75) is 36.5 Å². The zero-order valence-electron chi connectivity index (χ0n) is 18.3. The van der Waals surface area contributed by atoms with Crippen molar-refractivity contribution < 1.29 is 13.2 Å². The summed E-state index contributed by atoms with van der Waals surface area (Å²) in [6.07, 6.45) is 3.91. The maximum atomic E-state index is 12.8. The predicted molar refractivity (Wildman–Crippen MR) is 120 cm³/mol. The predicted octanol–water partition coefficient (Wildman–Crippen LogP) is 4.65. The Kier molecular flexibility index (Phi) is 5.90. The third-order valence-electron chi connectivity index (χ3n) is 6.77. The minimum absolute atomic E-state index is 0.252. The van der Waals surface area contributed by atoms with E-state index in [4.69, 9.17) is 0 Å². The van der Waals surface area contributed by atoms with Gasteiger partial charge in [-0.05, 0) is 61.4 Å². The molecule has 0 bridgehead atoms. The van der Waals surface area contributed by atoms with Crippen molar-refractivity contribution in [3.8, 4) is 11.5 Å². The lowest BCUT2D eigenvalue weighted by Gasteiger charge is -2.16. The molecule has 1 aromatic carbocycles. The van der Waals surface area contributed by atoms with Crippen LogP contribution in [0.25, 0.3) is 11.5 Å². The highest BCUT2D eigenvalue weighted by Gasteiger charge is 2.57. The lowest BCUT2D eigenvalue weighted by atomic mass is 9.97. The molecule has 33 heavy (non-hydrogen) atoms. The SMILES string of the molecule is Cn1c(SCCCN2CC[C@@]3(CC3c3ccc(C(F)(F)F)cc3)C2)nnc1-c1cnccn1. The van der Waals surface area contributed by atoms with E-state index in [1.165, 1.54) is 12.1 Å². The maximum Gasteiger partial charge on any atom is 0.416 e. The molecule has 2 atom stereocenters. The number of hydrogen-bond donors (Lipinski definition) is 0. The van der Waals surface area contributed by atoms with Crippen molar-refractivity contribution in [1.82, 2.24) is 29.6 Å². The summed E-state index contributed by atoms with van der Waals surface area (Å²) in [5, 5.41) is 9.39. The van der Waals surface area contributed by atoms with Crippen LogP contribution in [0.15, 0.2) is 48.0 Å². The van der Waals surface area contributed by atoms with Crippen LogP contribution in [-0.4, -0.2) is 55.0 Å². The quantitative estimate of drug-likeness (QED) is 0.367. The molecule has 5 rings (SSSR count). The number of likely N-dealkylation sites (tertiary alicyclic amines) is 1. The molecular weight excluding hydrogens is 449 g/mol. The normalized spacial score (nSPS) is 22.8. The summed E-state index contributed by atoms with van der Waals surface area (Å²) in [6, 6.07) is 5.76. The summed E-state index contributed by atoms with van der Waals surface area (Å²) in [4.78, 5) is 10.9. The van der Waals surface area contributed by atoms with Gasteiger partial charge in [0.1, 0.15) is 5.69 Å². The van der Waals surface area contributed by atoms with E-state index in [2.05, 4.69) is 25.1 Å². The Balaban J connectivity index is 1.09. The Hall–Kier alpha value is -2.46. The summed E-state index contributed by atoms with van der Waals surface area (Å²) >= 11 is 1.68. The smallest absolute Gasteiger partial charge is 0.304 e. The molecule has 1 unspecified atom stereocenters. The van der Waals surface area contributed by atoms with Gasteiger partial charge >= 0.3 is 6.18 Å². The molecule has 1 spiro atoms. The van der Waals surface area contributed by atoms with E-state index in [1.54, 1.807) is 42.5 Å². The molecule has 0 amide bonds. The van der Waals surface area contributed by atoms with Gasteiger partial charge in [-0.1, -0.05) is 23.9 Å². The van der Waals surface area contributed by atoms with Gasteiger partial charge in [-0.3, -0.25) is 4.98 Å². The molecule has 174 valence electrons. The van der Waals surface area contributed by atoms with Crippen molar-refractivity contribution >= 4 is 11.8 Å². The molecule has 3 aromatic rings. The zero-order chi connectivity index (χ0) is 23.1. The van der Waals surface area contributed by atoms with E-state index in [1.807, 2.05) is 11.6 Å². The summed E-state index contributed by atoms with van der Waals surface area (Å²) in [7, 11) is 1.94. The van der Waals surface area contributed by atoms with Crippen LogP contribution >= 0.6 is 11.8 Å². The number of halogens is 3. The van der Waals surface area contributed by atoms with Crippen LogP contribution < -0.4 is 0 Å². The van der Waals surface area contributed by atoms with E-state index >= 15 is 0 Å². The van der Waals surface area contributed by atoms with Crippen molar-refractivity contribution in [1.29, 1.82) is 0 Å². The molecule has 2 fully saturated rings. The van der Waals surface area contributed by atoms with Gasteiger partial charge in [0.2, 0.25) is 0 Å². The Morgan fingerprint density at radius 1 is 1.15 bits per heavy atom. The Bertz CT molecular complexity index is 1100. The highest BCUT2D eigenvalue weighted by atomic mass is 32.2. The van der Waals surface area contributed by atoms with Crippen LogP contribution in [0, 0.1) is 5.41 Å². The van der Waals surface area contributed by atoms with Crippen molar-refractivity contribution in [2.24, 2.45) is 12.5 Å². The fourth-order valence-corrected chi connectivity index (χ4v) is 5.71. The Morgan fingerprint density at radius 2 is 1.97 bits per heavy atom. The second-order valence-corrected chi connectivity index (χ2v) is 9.98. The van der Waals surface area contributed by atoms with Gasteiger partial charge in [-0.15, -0.1) is 10.2 Å². The average Bonchev–Trinajstić information content (AvgIpc) is 3.15. The van der Waals surface area contributed by atoms with Gasteiger partial charge in [-0.2, -0.15) is 13.2 Å². The molecule has 2 aromatic heterocycles. The van der Waals surface area contributed by atoms with Gasteiger partial charge < -0.3 is 9.47 Å². The summed E-state index contributed by atoms with van der Waals surface area (Å²) in [6.45, 7) is 3.11. The van der Waals surface area contributed by atoms with Gasteiger partial charge in [0.25, 0.3) is 0 Å². The zero-order valence-corrected chi connectivity index (χ0v) is 19.1. The second kappa shape index (κ2) is 8.72. The number of nitrogens with zero attached hydrogens (tertiary/aromatic N) is 6. The molecule has 1 saturated carbocycles. The molecule has 1 aliphatic carbocycles. The summed E-state index contributed by atoms with van der Waals surface area (Å²) < 4.78 is 40.4. The monoisotopic (exact) mass is 474 g/mol. The molecule has 0 N–H and O–H groups in total. The van der Waals surface area contributed by atoms with Crippen LogP contribution in [0.1, 0.15) is 36.3 Å². The molecule has 2 aliphatic rings. The topological polar surface area (TPSA) is 59.7 Å². The first-order chi connectivity index (χ1) is 15.9. The number of thioether (sulfide) groups is 1. The third-order valence-corrected chi connectivity index (χ3v) is 7.88. The van der Waals surface area contributed by atoms with E-state index in [0.29, 0.717) is 17.4 Å². The van der Waals surface area contributed by atoms with Gasteiger partial charge in [-0.25, -0.2) is 4.98 Å². The minimum atomic E-state index is -4.27. The Labute approximate surface area is 194 Å². The maximum absolute atomic E-state index is 12.8. The first kappa shape index (κ1) is 22.3. The Morgan fingerprint density at radius 3 is 2.70 bits per heavy atom. The standard InChI is InChI=1S/C23H25F3N6S/c1-31-20(19-14-27-8-9-28-19)29-30-21(31)33-12-2-10-32-11-7-22(15-32)13-18(22)16-3-5-17(6-4-16)23(24,25)26/h3-6,8-9,14,18H,2,7,10-13,15H2,1H3/t18?,22-/m1/s1. The van der Waals surface area contributed by atoms with Crippen LogP contribution in [0.5, 0.6) is 0 Å². The van der Waals surface area contributed by atoms with Crippen LogP contribution in [-0.2, 0) is 13.2 Å². The fourth-order valence-electron chi connectivity index (χ4n) is 4.88. The number of aromatic nitrogens is 5. The van der Waals surface area contributed by atoms with Gasteiger partial charge in [0.15, 0.2) is 11.0 Å². The lowest BCUT2D eigenvalue weighted by Crippen LogP contribution is -2.23. The third kappa shape index (κ3) is 4.63. The summed E-state index contributed by atoms with van der Waals surface area (Å²) in [5.74, 6) is 2.03. The van der Waals surface area contributed by atoms with E-state index in [-0.39, 0.29) is 5.41 Å². The molecule has 1 saturated heterocycles. The largest absolute Gasteiger partial charge is 0.416 e. The van der Waals surface area contributed by atoms with E-state index < -0.39 is 11.7 Å². The first-order valence-corrected chi connectivity index (χ1v) is 12.0. The highest BCUT2D eigenvalue weighted by molar-refractivity contribution is 7.99. The van der Waals surface area contributed by atoms with Crippen LogP contribution in [0.2, 0.25) is 0 Å². The fraction of sp³-hybridized carbons (Fsp3) is 0.478. The van der Waals surface area contributed by atoms with Gasteiger partial charge in [0, 0.05) is 31.7 Å².